The topological polar surface area (TPSA) is 21.3 Å². The van der Waals surface area contributed by atoms with Gasteiger partial charge in [-0.05, 0) is 36.2 Å². The SMILES string of the molecule is Clc1ccc(NC2OCCc3ccccc32)cc1. The van der Waals surface area contributed by atoms with Crippen LogP contribution in [0.25, 0.3) is 0 Å². The second-order valence-electron chi connectivity index (χ2n) is 4.35. The maximum Gasteiger partial charge on any atom is 0.154 e. The van der Waals surface area contributed by atoms with Crippen molar-refractivity contribution >= 4 is 17.3 Å². The number of anilines is 1. The van der Waals surface area contributed by atoms with Crippen molar-refractivity contribution in [2.24, 2.45) is 0 Å². The van der Waals surface area contributed by atoms with Gasteiger partial charge in [0.25, 0.3) is 0 Å². The third-order valence-corrected chi connectivity index (χ3v) is 3.39. The number of ether oxygens (including phenoxy) is 1. The Hall–Kier alpha value is -1.51. The van der Waals surface area contributed by atoms with Crippen molar-refractivity contribution in [1.82, 2.24) is 0 Å². The summed E-state index contributed by atoms with van der Waals surface area (Å²) in [7, 11) is 0. The van der Waals surface area contributed by atoms with Gasteiger partial charge in [-0.3, -0.25) is 0 Å². The van der Waals surface area contributed by atoms with Gasteiger partial charge in [-0.1, -0.05) is 35.9 Å². The van der Waals surface area contributed by atoms with E-state index < -0.39 is 0 Å². The van der Waals surface area contributed by atoms with E-state index in [2.05, 4.69) is 23.5 Å². The van der Waals surface area contributed by atoms with Crippen molar-refractivity contribution in [2.45, 2.75) is 12.6 Å². The van der Waals surface area contributed by atoms with Crippen LogP contribution in [0.4, 0.5) is 5.69 Å². The Morgan fingerprint density at radius 1 is 1.06 bits per heavy atom. The Kier molecular flexibility index (Phi) is 3.22. The summed E-state index contributed by atoms with van der Waals surface area (Å²) < 4.78 is 5.79. The number of hydrogen-bond acceptors (Lipinski definition) is 2. The van der Waals surface area contributed by atoms with Gasteiger partial charge in [0.05, 0.1) is 6.61 Å². The largest absolute Gasteiger partial charge is 0.356 e. The first-order valence-corrected chi connectivity index (χ1v) is 6.42. The first-order chi connectivity index (χ1) is 8.83. The molecule has 0 aliphatic carbocycles. The molecule has 2 nitrogen and oxygen atoms in total. The number of rotatable bonds is 2. The van der Waals surface area contributed by atoms with Gasteiger partial charge in [-0.25, -0.2) is 0 Å². The molecule has 0 spiro atoms. The summed E-state index contributed by atoms with van der Waals surface area (Å²) >= 11 is 5.88. The van der Waals surface area contributed by atoms with Crippen LogP contribution < -0.4 is 5.32 Å². The average molecular weight is 260 g/mol. The van der Waals surface area contributed by atoms with Crippen LogP contribution in [0.1, 0.15) is 17.4 Å². The van der Waals surface area contributed by atoms with Crippen LogP contribution in [0.15, 0.2) is 48.5 Å². The summed E-state index contributed by atoms with van der Waals surface area (Å²) in [5.74, 6) is 0. The molecule has 0 bridgehead atoms. The fraction of sp³-hybridized carbons (Fsp3) is 0.200. The number of fused-ring (bicyclic) bond motifs is 1. The third kappa shape index (κ3) is 2.35. The standard InChI is InChI=1S/C15H14ClNO/c16-12-5-7-13(8-6-12)17-15-14-4-2-1-3-11(14)9-10-18-15/h1-8,15,17H,9-10H2. The van der Waals surface area contributed by atoms with Crippen LogP contribution in [0.5, 0.6) is 0 Å². The highest BCUT2D eigenvalue weighted by Crippen LogP contribution is 2.28. The predicted molar refractivity (Wildman–Crippen MR) is 73.9 cm³/mol. The molecule has 1 aliphatic heterocycles. The van der Waals surface area contributed by atoms with E-state index in [9.17, 15) is 0 Å². The summed E-state index contributed by atoms with van der Waals surface area (Å²) in [6.07, 6.45) is 0.908. The van der Waals surface area contributed by atoms with E-state index in [1.807, 2.05) is 30.3 Å². The lowest BCUT2D eigenvalue weighted by Crippen LogP contribution is -2.22. The van der Waals surface area contributed by atoms with Crippen LogP contribution >= 0.6 is 11.6 Å². The Balaban J connectivity index is 1.84. The van der Waals surface area contributed by atoms with Gasteiger partial charge in [-0.15, -0.1) is 0 Å². The number of hydrogen-bond donors (Lipinski definition) is 1. The smallest absolute Gasteiger partial charge is 0.154 e. The van der Waals surface area contributed by atoms with Gasteiger partial charge in [0, 0.05) is 16.3 Å². The molecule has 0 amide bonds. The molecule has 2 aromatic carbocycles. The minimum atomic E-state index is -0.0730. The highest BCUT2D eigenvalue weighted by atomic mass is 35.5. The molecule has 1 heterocycles. The fourth-order valence-electron chi connectivity index (χ4n) is 2.21. The molecule has 0 fully saturated rings. The maximum atomic E-state index is 5.88. The summed E-state index contributed by atoms with van der Waals surface area (Å²) in [6, 6.07) is 16.1. The van der Waals surface area contributed by atoms with Crippen LogP contribution in [-0.4, -0.2) is 6.61 Å². The zero-order valence-corrected chi connectivity index (χ0v) is 10.7. The van der Waals surface area contributed by atoms with Gasteiger partial charge < -0.3 is 10.1 Å². The maximum absolute atomic E-state index is 5.88. The second-order valence-corrected chi connectivity index (χ2v) is 4.79. The molecule has 0 radical (unpaired) electrons. The predicted octanol–water partition coefficient (Wildman–Crippen LogP) is 4.02. The monoisotopic (exact) mass is 259 g/mol. The van der Waals surface area contributed by atoms with Crippen LogP contribution in [-0.2, 0) is 11.2 Å². The molecule has 1 N–H and O–H groups in total. The Bertz CT molecular complexity index is 538. The van der Waals surface area contributed by atoms with Crippen LogP contribution in [0.2, 0.25) is 5.02 Å². The van der Waals surface area contributed by atoms with Crippen molar-refractivity contribution in [3.8, 4) is 0 Å². The molecule has 2 aromatic rings. The second kappa shape index (κ2) is 5.01. The van der Waals surface area contributed by atoms with Crippen LogP contribution in [0, 0.1) is 0 Å². The molecule has 0 saturated heterocycles. The molecule has 1 unspecified atom stereocenters. The van der Waals surface area contributed by atoms with Crippen molar-refractivity contribution in [1.29, 1.82) is 0 Å². The quantitative estimate of drug-likeness (QED) is 0.879. The Morgan fingerprint density at radius 3 is 2.67 bits per heavy atom. The molecule has 1 atom stereocenters. The first kappa shape index (κ1) is 11.6. The van der Waals surface area contributed by atoms with Crippen molar-refractivity contribution in [2.75, 3.05) is 11.9 Å². The lowest BCUT2D eigenvalue weighted by molar-refractivity contribution is 0.0618. The van der Waals surface area contributed by atoms with E-state index in [1.165, 1.54) is 11.1 Å². The number of benzene rings is 2. The molecule has 0 aromatic heterocycles. The summed E-state index contributed by atoms with van der Waals surface area (Å²) in [4.78, 5) is 0. The van der Waals surface area contributed by atoms with Crippen LogP contribution in [0.3, 0.4) is 0 Å². The van der Waals surface area contributed by atoms with Crippen molar-refractivity contribution in [3.05, 3.63) is 64.7 Å². The van der Waals surface area contributed by atoms with E-state index >= 15 is 0 Å². The molecule has 0 saturated carbocycles. The fourth-order valence-corrected chi connectivity index (χ4v) is 2.34. The summed E-state index contributed by atoms with van der Waals surface area (Å²) in [5.41, 5.74) is 3.59. The van der Waals surface area contributed by atoms with E-state index in [-0.39, 0.29) is 6.23 Å². The molecular weight excluding hydrogens is 246 g/mol. The minimum absolute atomic E-state index is 0.0730. The Morgan fingerprint density at radius 2 is 1.83 bits per heavy atom. The molecular formula is C15H14ClNO. The average Bonchev–Trinajstić information content (AvgIpc) is 2.42. The molecule has 92 valence electrons. The Labute approximate surface area is 112 Å². The lowest BCUT2D eigenvalue weighted by Gasteiger charge is -2.27. The zero-order valence-electron chi connectivity index (χ0n) is 9.90. The minimum Gasteiger partial charge on any atom is -0.356 e. The summed E-state index contributed by atoms with van der Waals surface area (Å²) in [6.45, 7) is 0.752. The van der Waals surface area contributed by atoms with E-state index in [1.54, 1.807) is 0 Å². The lowest BCUT2D eigenvalue weighted by atomic mass is 10.0. The van der Waals surface area contributed by atoms with Gasteiger partial charge >= 0.3 is 0 Å². The van der Waals surface area contributed by atoms with E-state index in [0.29, 0.717) is 0 Å². The normalized spacial score (nSPS) is 18.2. The van der Waals surface area contributed by atoms with Crippen molar-refractivity contribution in [3.63, 3.8) is 0 Å². The molecule has 3 heteroatoms. The van der Waals surface area contributed by atoms with Gasteiger partial charge in [0.1, 0.15) is 0 Å². The number of halogens is 1. The molecule has 1 aliphatic rings. The number of nitrogens with one attached hydrogen (secondary N) is 1. The highest BCUT2D eigenvalue weighted by molar-refractivity contribution is 6.30. The summed E-state index contributed by atoms with van der Waals surface area (Å²) in [5, 5.41) is 4.12. The van der Waals surface area contributed by atoms with Gasteiger partial charge in [0.2, 0.25) is 0 Å². The molecule has 3 rings (SSSR count). The first-order valence-electron chi connectivity index (χ1n) is 6.04. The zero-order chi connectivity index (χ0) is 12.4. The van der Waals surface area contributed by atoms with E-state index in [4.69, 9.17) is 16.3 Å². The van der Waals surface area contributed by atoms with Gasteiger partial charge in [0.15, 0.2) is 6.23 Å². The van der Waals surface area contributed by atoms with Crippen molar-refractivity contribution < 1.29 is 4.74 Å². The van der Waals surface area contributed by atoms with Gasteiger partial charge in [-0.2, -0.15) is 0 Å². The highest BCUT2D eigenvalue weighted by Gasteiger charge is 2.19. The molecule has 18 heavy (non-hydrogen) atoms. The third-order valence-electron chi connectivity index (χ3n) is 3.14. The van der Waals surface area contributed by atoms with E-state index in [0.717, 1.165) is 23.7 Å².